The summed E-state index contributed by atoms with van der Waals surface area (Å²) >= 11 is 5.25. The molecule has 1 aliphatic heterocycles. The molecule has 0 aromatic carbocycles. The van der Waals surface area contributed by atoms with Crippen LogP contribution in [0.2, 0.25) is 0 Å². The van der Waals surface area contributed by atoms with Crippen molar-refractivity contribution in [2.75, 3.05) is 32.7 Å². The number of nitrogens with one attached hydrogen (secondary N) is 1. The molecule has 1 saturated heterocycles. The van der Waals surface area contributed by atoms with E-state index in [0.29, 0.717) is 0 Å². The molecule has 0 saturated carbocycles. The summed E-state index contributed by atoms with van der Waals surface area (Å²) in [5, 5.41) is 5.49. The van der Waals surface area contributed by atoms with Crippen LogP contribution in [0.25, 0.3) is 0 Å². The summed E-state index contributed by atoms with van der Waals surface area (Å²) in [4.78, 5) is 3.78. The van der Waals surface area contributed by atoms with Gasteiger partial charge < -0.3 is 16.0 Å². The number of piperazine rings is 1. The number of hydrogen-bond donors (Lipinski definition) is 2. The van der Waals surface area contributed by atoms with Crippen molar-refractivity contribution in [1.29, 1.82) is 0 Å². The van der Waals surface area contributed by atoms with Crippen molar-refractivity contribution in [3.05, 3.63) is 20.8 Å². The van der Waals surface area contributed by atoms with E-state index in [4.69, 9.17) is 5.73 Å². The Morgan fingerprint density at radius 3 is 2.72 bits per heavy atom. The average Bonchev–Trinajstić information content (AvgIpc) is 2.75. The van der Waals surface area contributed by atoms with Gasteiger partial charge in [0.25, 0.3) is 0 Å². The first-order chi connectivity index (χ1) is 8.49. The number of hydrogen-bond acceptors (Lipinski definition) is 4. The number of halogens is 1. The van der Waals surface area contributed by atoms with Crippen LogP contribution in [0.1, 0.15) is 24.8 Å². The minimum Gasteiger partial charge on any atom is -0.323 e. The molecule has 0 aliphatic carbocycles. The molecule has 0 spiro atoms. The molecule has 5 heteroatoms. The average molecular weight is 332 g/mol. The normalized spacial score (nSPS) is 20.0. The largest absolute Gasteiger partial charge is 0.323 e. The van der Waals surface area contributed by atoms with E-state index in [0.717, 1.165) is 37.2 Å². The Morgan fingerprint density at radius 1 is 1.50 bits per heavy atom. The SMILES string of the molecule is CC(C)(CN1CCNCC1)C(N)c1cc(Br)cs1. The van der Waals surface area contributed by atoms with E-state index in [2.05, 4.69) is 51.4 Å². The van der Waals surface area contributed by atoms with Crippen LogP contribution in [0.4, 0.5) is 0 Å². The lowest BCUT2D eigenvalue weighted by Crippen LogP contribution is -2.49. The number of thiophene rings is 1. The lowest BCUT2D eigenvalue weighted by molar-refractivity contribution is 0.140. The maximum Gasteiger partial charge on any atom is 0.0454 e. The zero-order valence-electron chi connectivity index (χ0n) is 11.1. The summed E-state index contributed by atoms with van der Waals surface area (Å²) in [6, 6.07) is 2.25. The summed E-state index contributed by atoms with van der Waals surface area (Å²) < 4.78 is 1.14. The lowest BCUT2D eigenvalue weighted by Gasteiger charge is -2.38. The van der Waals surface area contributed by atoms with E-state index in [9.17, 15) is 0 Å². The van der Waals surface area contributed by atoms with Gasteiger partial charge in [-0.05, 0) is 27.4 Å². The standard InChI is InChI=1S/C13H22BrN3S/c1-13(2,9-17-5-3-16-4-6-17)12(15)11-7-10(14)8-18-11/h7-8,12,16H,3-6,9,15H2,1-2H3. The molecular formula is C13H22BrN3S. The van der Waals surface area contributed by atoms with Crippen LogP contribution in [0.5, 0.6) is 0 Å². The molecule has 18 heavy (non-hydrogen) atoms. The highest BCUT2D eigenvalue weighted by Crippen LogP contribution is 2.36. The Hall–Kier alpha value is 0.0600. The quantitative estimate of drug-likeness (QED) is 0.890. The van der Waals surface area contributed by atoms with Crippen molar-refractivity contribution >= 4 is 27.3 Å². The Labute approximate surface area is 122 Å². The van der Waals surface area contributed by atoms with Crippen molar-refractivity contribution in [2.45, 2.75) is 19.9 Å². The minimum absolute atomic E-state index is 0.0988. The Kier molecular flexibility index (Phi) is 4.83. The number of nitrogens with zero attached hydrogens (tertiary/aromatic N) is 1. The zero-order valence-corrected chi connectivity index (χ0v) is 13.5. The second kappa shape index (κ2) is 6.01. The first-order valence-corrected chi connectivity index (χ1v) is 8.09. The third-order valence-electron chi connectivity index (χ3n) is 3.58. The molecule has 102 valence electrons. The highest BCUT2D eigenvalue weighted by Gasteiger charge is 2.31. The van der Waals surface area contributed by atoms with Gasteiger partial charge in [0.05, 0.1) is 0 Å². The smallest absolute Gasteiger partial charge is 0.0454 e. The van der Waals surface area contributed by atoms with Crippen LogP contribution < -0.4 is 11.1 Å². The van der Waals surface area contributed by atoms with Gasteiger partial charge in [-0.25, -0.2) is 0 Å². The molecule has 2 rings (SSSR count). The molecule has 1 fully saturated rings. The maximum absolute atomic E-state index is 6.45. The van der Waals surface area contributed by atoms with E-state index < -0.39 is 0 Å². The van der Waals surface area contributed by atoms with Gasteiger partial charge >= 0.3 is 0 Å². The third-order valence-corrected chi connectivity index (χ3v) is 5.35. The van der Waals surface area contributed by atoms with Gasteiger partial charge in [-0.2, -0.15) is 0 Å². The molecule has 0 bridgehead atoms. The monoisotopic (exact) mass is 331 g/mol. The van der Waals surface area contributed by atoms with Crippen molar-refractivity contribution in [2.24, 2.45) is 11.1 Å². The topological polar surface area (TPSA) is 41.3 Å². The fourth-order valence-corrected chi connectivity index (χ4v) is 4.08. The minimum atomic E-state index is 0.0988. The Morgan fingerprint density at radius 2 is 2.17 bits per heavy atom. The molecule has 2 heterocycles. The third kappa shape index (κ3) is 3.54. The van der Waals surface area contributed by atoms with Crippen molar-refractivity contribution in [3.63, 3.8) is 0 Å². The highest BCUT2D eigenvalue weighted by molar-refractivity contribution is 9.10. The zero-order chi connectivity index (χ0) is 13.2. The van der Waals surface area contributed by atoms with Crippen LogP contribution >= 0.6 is 27.3 Å². The summed E-state index contributed by atoms with van der Waals surface area (Å²) in [5.74, 6) is 0. The molecule has 1 aliphatic rings. The van der Waals surface area contributed by atoms with E-state index in [1.807, 2.05) is 0 Å². The predicted molar refractivity (Wildman–Crippen MR) is 82.0 cm³/mol. The molecular weight excluding hydrogens is 310 g/mol. The van der Waals surface area contributed by atoms with E-state index in [-0.39, 0.29) is 11.5 Å². The lowest BCUT2D eigenvalue weighted by atomic mass is 9.83. The molecule has 1 aromatic heterocycles. The highest BCUT2D eigenvalue weighted by atomic mass is 79.9. The van der Waals surface area contributed by atoms with Gasteiger partial charge in [-0.3, -0.25) is 0 Å². The summed E-state index contributed by atoms with van der Waals surface area (Å²) in [5.41, 5.74) is 6.55. The first kappa shape index (κ1) is 14.5. The van der Waals surface area contributed by atoms with Gasteiger partial charge in [0.15, 0.2) is 0 Å². The summed E-state index contributed by atoms with van der Waals surface area (Å²) in [6.45, 7) is 10.0. The Balaban J connectivity index is 2.00. The Bertz CT molecular complexity index is 385. The van der Waals surface area contributed by atoms with E-state index in [1.54, 1.807) is 11.3 Å². The molecule has 3 N–H and O–H groups in total. The molecule has 1 aromatic rings. The summed E-state index contributed by atoms with van der Waals surface area (Å²) in [7, 11) is 0. The van der Waals surface area contributed by atoms with Crippen LogP contribution in [0.15, 0.2) is 15.9 Å². The maximum atomic E-state index is 6.45. The van der Waals surface area contributed by atoms with Gasteiger partial charge in [-0.1, -0.05) is 13.8 Å². The fraction of sp³-hybridized carbons (Fsp3) is 0.692. The van der Waals surface area contributed by atoms with Crippen LogP contribution in [0.3, 0.4) is 0 Å². The second-order valence-electron chi connectivity index (χ2n) is 5.66. The van der Waals surface area contributed by atoms with E-state index in [1.165, 1.54) is 4.88 Å². The van der Waals surface area contributed by atoms with Crippen LogP contribution in [-0.4, -0.2) is 37.6 Å². The van der Waals surface area contributed by atoms with Gasteiger partial charge in [-0.15, -0.1) is 11.3 Å². The number of nitrogens with two attached hydrogens (primary N) is 1. The van der Waals surface area contributed by atoms with E-state index >= 15 is 0 Å². The number of rotatable bonds is 4. The first-order valence-electron chi connectivity index (χ1n) is 6.41. The van der Waals surface area contributed by atoms with Crippen LogP contribution in [0, 0.1) is 5.41 Å². The molecule has 3 nitrogen and oxygen atoms in total. The van der Waals surface area contributed by atoms with Gasteiger partial charge in [0.2, 0.25) is 0 Å². The predicted octanol–water partition coefficient (Wildman–Crippen LogP) is 2.44. The van der Waals surface area contributed by atoms with Gasteiger partial charge in [0, 0.05) is 53.5 Å². The second-order valence-corrected chi connectivity index (χ2v) is 7.52. The van der Waals surface area contributed by atoms with Crippen LogP contribution in [-0.2, 0) is 0 Å². The molecule has 1 unspecified atom stereocenters. The summed E-state index contributed by atoms with van der Waals surface area (Å²) in [6.07, 6.45) is 0. The van der Waals surface area contributed by atoms with Crippen molar-refractivity contribution in [3.8, 4) is 0 Å². The fourth-order valence-electron chi connectivity index (χ4n) is 2.42. The van der Waals surface area contributed by atoms with Crippen molar-refractivity contribution in [1.82, 2.24) is 10.2 Å². The van der Waals surface area contributed by atoms with Crippen molar-refractivity contribution < 1.29 is 0 Å². The molecule has 1 atom stereocenters. The van der Waals surface area contributed by atoms with Gasteiger partial charge in [0.1, 0.15) is 0 Å². The molecule has 0 radical (unpaired) electrons. The molecule has 0 amide bonds.